The number of likely N-dealkylation sites (tertiary alicyclic amines) is 1. The average Bonchev–Trinajstić information content (AvgIpc) is 2.86. The molecule has 2 amide bonds. The van der Waals surface area contributed by atoms with Gasteiger partial charge >= 0.3 is 5.97 Å². The zero-order chi connectivity index (χ0) is 26.1. The largest absolute Gasteiger partial charge is 0.468 e. The highest BCUT2D eigenvalue weighted by molar-refractivity contribution is 5.92. The van der Waals surface area contributed by atoms with Crippen molar-refractivity contribution >= 4 is 17.8 Å². The molecule has 196 valence electrons. The highest BCUT2D eigenvalue weighted by atomic mass is 16.5. The molecule has 4 rings (SSSR count). The first-order chi connectivity index (χ1) is 17.1. The molecule has 0 bridgehead atoms. The number of carbonyl (C=O) groups excluding carboxylic acids is 3. The van der Waals surface area contributed by atoms with Gasteiger partial charge < -0.3 is 24.0 Å². The quantitative estimate of drug-likeness (QED) is 0.580. The van der Waals surface area contributed by atoms with Crippen molar-refractivity contribution in [2.45, 2.75) is 59.3 Å². The first kappa shape index (κ1) is 26.4. The molecule has 2 fully saturated rings. The number of fused-ring (bicyclic) bond motifs is 1. The maximum Gasteiger partial charge on any atom is 0.320 e. The lowest BCUT2D eigenvalue weighted by atomic mass is 9.65. The van der Waals surface area contributed by atoms with Gasteiger partial charge in [0.2, 0.25) is 11.8 Å². The Morgan fingerprint density at radius 2 is 1.81 bits per heavy atom. The van der Waals surface area contributed by atoms with Crippen LogP contribution >= 0.6 is 0 Å². The third kappa shape index (κ3) is 4.93. The van der Waals surface area contributed by atoms with Crippen molar-refractivity contribution in [2.24, 2.45) is 16.7 Å². The third-order valence-electron chi connectivity index (χ3n) is 7.66. The fraction of sp³-hybridized carbons (Fsp3) is 0.607. The lowest BCUT2D eigenvalue weighted by Gasteiger charge is -2.53. The molecule has 3 aliphatic rings. The molecule has 0 saturated carbocycles. The Balaban J connectivity index is 1.77. The summed E-state index contributed by atoms with van der Waals surface area (Å²) in [6.45, 7) is 10.4. The smallest absolute Gasteiger partial charge is 0.320 e. The standard InChI is InChI=1S/C28H38N2O6/c1-19-28(26(33)34-5)17-21(15-24(31)29-11-13-35-14-12-29)25(32)30(18-20-9-7-6-8-10-20)22(28)16-23(36-19)27(2,3)4/h6-10,16,19,21,23H,11-15,17-18H2,1-5H3/t19-,21+,23-,28+/m1/s1. The molecule has 36 heavy (non-hydrogen) atoms. The van der Waals surface area contributed by atoms with Gasteiger partial charge in [0.15, 0.2) is 0 Å². The van der Waals surface area contributed by atoms with Crippen LogP contribution in [-0.4, -0.2) is 73.2 Å². The third-order valence-corrected chi connectivity index (χ3v) is 7.66. The van der Waals surface area contributed by atoms with Gasteiger partial charge in [-0.2, -0.15) is 0 Å². The van der Waals surface area contributed by atoms with Crippen LogP contribution in [0.5, 0.6) is 0 Å². The Labute approximate surface area is 213 Å². The monoisotopic (exact) mass is 498 g/mol. The predicted octanol–water partition coefficient (Wildman–Crippen LogP) is 3.16. The van der Waals surface area contributed by atoms with Crippen molar-refractivity contribution in [1.29, 1.82) is 0 Å². The molecule has 4 atom stereocenters. The van der Waals surface area contributed by atoms with Crippen LogP contribution in [0.25, 0.3) is 0 Å². The molecule has 0 aliphatic carbocycles. The molecule has 1 aromatic rings. The molecule has 8 nitrogen and oxygen atoms in total. The Hall–Kier alpha value is -2.71. The van der Waals surface area contributed by atoms with Crippen LogP contribution in [0.1, 0.15) is 46.1 Å². The van der Waals surface area contributed by atoms with Crippen LogP contribution in [-0.2, 0) is 35.1 Å². The van der Waals surface area contributed by atoms with Crippen molar-refractivity contribution in [3.05, 3.63) is 47.7 Å². The number of ether oxygens (including phenoxy) is 3. The number of amides is 2. The minimum absolute atomic E-state index is 0.0333. The highest BCUT2D eigenvalue weighted by Gasteiger charge is 2.60. The molecule has 0 unspecified atom stereocenters. The summed E-state index contributed by atoms with van der Waals surface area (Å²) in [7, 11) is 1.36. The molecular weight excluding hydrogens is 460 g/mol. The summed E-state index contributed by atoms with van der Waals surface area (Å²) in [4.78, 5) is 44.2. The molecule has 3 aliphatic heterocycles. The van der Waals surface area contributed by atoms with E-state index in [2.05, 4.69) is 20.8 Å². The molecule has 8 heteroatoms. The van der Waals surface area contributed by atoms with Crippen LogP contribution in [0, 0.1) is 16.7 Å². The van der Waals surface area contributed by atoms with Crippen molar-refractivity contribution < 1.29 is 28.6 Å². The average molecular weight is 499 g/mol. The number of nitrogens with zero attached hydrogens (tertiary/aromatic N) is 2. The van der Waals surface area contributed by atoms with Gasteiger partial charge in [-0.25, -0.2) is 0 Å². The van der Waals surface area contributed by atoms with Crippen LogP contribution in [0.3, 0.4) is 0 Å². The summed E-state index contributed by atoms with van der Waals surface area (Å²) in [5.74, 6) is -1.35. The molecule has 2 saturated heterocycles. The van der Waals surface area contributed by atoms with E-state index in [0.29, 0.717) is 38.5 Å². The lowest BCUT2D eigenvalue weighted by molar-refractivity contribution is -0.180. The summed E-state index contributed by atoms with van der Waals surface area (Å²) < 4.78 is 17.1. The number of piperidine rings is 1. The number of hydrogen-bond acceptors (Lipinski definition) is 6. The molecule has 0 N–H and O–H groups in total. The van der Waals surface area contributed by atoms with E-state index >= 15 is 0 Å². The molecule has 0 aromatic heterocycles. The zero-order valence-corrected chi connectivity index (χ0v) is 22.0. The normalized spacial score (nSPS) is 28.9. The second-order valence-electron chi connectivity index (χ2n) is 11.1. The Morgan fingerprint density at radius 3 is 2.42 bits per heavy atom. The van der Waals surface area contributed by atoms with E-state index in [1.165, 1.54) is 7.11 Å². The van der Waals surface area contributed by atoms with E-state index in [4.69, 9.17) is 14.2 Å². The van der Waals surface area contributed by atoms with E-state index in [0.717, 1.165) is 5.56 Å². The number of rotatable bonds is 5. The van der Waals surface area contributed by atoms with Crippen LogP contribution in [0.15, 0.2) is 42.1 Å². The van der Waals surface area contributed by atoms with Crippen LogP contribution < -0.4 is 0 Å². The van der Waals surface area contributed by atoms with Gasteiger partial charge in [-0.3, -0.25) is 14.4 Å². The van der Waals surface area contributed by atoms with Crippen molar-refractivity contribution in [3.63, 3.8) is 0 Å². The van der Waals surface area contributed by atoms with E-state index in [1.54, 1.807) is 9.80 Å². The summed E-state index contributed by atoms with van der Waals surface area (Å²) in [5, 5.41) is 0. The second kappa shape index (κ2) is 10.3. The van der Waals surface area contributed by atoms with Crippen LogP contribution in [0.2, 0.25) is 0 Å². The first-order valence-electron chi connectivity index (χ1n) is 12.7. The number of morpholine rings is 1. The van der Waals surface area contributed by atoms with Gasteiger partial charge in [0.05, 0.1) is 39.1 Å². The van der Waals surface area contributed by atoms with Crippen molar-refractivity contribution in [2.75, 3.05) is 33.4 Å². The minimum Gasteiger partial charge on any atom is -0.468 e. The fourth-order valence-corrected chi connectivity index (χ4v) is 5.52. The zero-order valence-electron chi connectivity index (χ0n) is 22.0. The summed E-state index contributed by atoms with van der Waals surface area (Å²) in [6.07, 6.45) is 1.30. The Bertz CT molecular complexity index is 1010. The van der Waals surface area contributed by atoms with E-state index in [1.807, 2.05) is 43.3 Å². The molecular formula is C28H38N2O6. The Kier molecular flexibility index (Phi) is 7.57. The summed E-state index contributed by atoms with van der Waals surface area (Å²) >= 11 is 0. The van der Waals surface area contributed by atoms with E-state index < -0.39 is 23.4 Å². The lowest BCUT2D eigenvalue weighted by Crippen LogP contribution is -2.61. The maximum absolute atomic E-state index is 14.0. The maximum atomic E-state index is 14.0. The number of methoxy groups -OCH3 is 1. The van der Waals surface area contributed by atoms with Crippen molar-refractivity contribution in [1.82, 2.24) is 9.80 Å². The molecule has 0 radical (unpaired) electrons. The van der Waals surface area contributed by atoms with Crippen molar-refractivity contribution in [3.8, 4) is 0 Å². The second-order valence-corrected chi connectivity index (χ2v) is 11.1. The molecule has 3 heterocycles. The topological polar surface area (TPSA) is 85.4 Å². The van der Waals surface area contributed by atoms with Crippen LogP contribution in [0.4, 0.5) is 0 Å². The number of carbonyl (C=O) groups is 3. The number of benzene rings is 1. The number of hydrogen-bond donors (Lipinski definition) is 0. The SMILES string of the molecule is COC(=O)[C@]12C[C@H](CC(=O)N3CCOCC3)C(=O)N(Cc3ccccc3)C1=C[C@H](C(C)(C)C)O[C@@H]2C. The van der Waals surface area contributed by atoms with E-state index in [9.17, 15) is 14.4 Å². The van der Waals surface area contributed by atoms with Gasteiger partial charge in [0.1, 0.15) is 5.41 Å². The predicted molar refractivity (Wildman–Crippen MR) is 133 cm³/mol. The summed E-state index contributed by atoms with van der Waals surface area (Å²) in [5.41, 5.74) is 0.137. The van der Waals surface area contributed by atoms with Gasteiger partial charge in [-0.15, -0.1) is 0 Å². The highest BCUT2D eigenvalue weighted by Crippen LogP contribution is 2.52. The fourth-order valence-electron chi connectivity index (χ4n) is 5.52. The minimum atomic E-state index is -1.19. The Morgan fingerprint density at radius 1 is 1.14 bits per heavy atom. The first-order valence-corrected chi connectivity index (χ1v) is 12.7. The molecule has 0 spiro atoms. The number of esters is 1. The molecule has 1 aromatic carbocycles. The summed E-state index contributed by atoms with van der Waals surface area (Å²) in [6, 6.07) is 9.70. The van der Waals surface area contributed by atoms with Gasteiger partial charge in [-0.1, -0.05) is 51.1 Å². The van der Waals surface area contributed by atoms with Gasteiger partial charge in [-0.05, 0) is 30.4 Å². The van der Waals surface area contributed by atoms with Gasteiger partial charge in [0.25, 0.3) is 0 Å². The van der Waals surface area contributed by atoms with Gasteiger partial charge in [0, 0.05) is 31.1 Å². The van der Waals surface area contributed by atoms with E-state index in [-0.39, 0.29) is 36.2 Å².